The van der Waals surface area contributed by atoms with E-state index in [0.717, 1.165) is 72.8 Å². The van der Waals surface area contributed by atoms with Crippen molar-refractivity contribution in [1.82, 2.24) is 0 Å². The molecule has 4 nitrogen and oxygen atoms in total. The van der Waals surface area contributed by atoms with Gasteiger partial charge < -0.3 is 9.64 Å². The van der Waals surface area contributed by atoms with E-state index in [0.29, 0.717) is 11.1 Å². The lowest BCUT2D eigenvalue weighted by atomic mass is 9.34. The highest BCUT2D eigenvalue weighted by Gasteiger charge is 2.43. The van der Waals surface area contributed by atoms with Gasteiger partial charge in [-0.25, -0.2) is 0 Å². The number of para-hydroxylation sites is 1. The first-order chi connectivity index (χ1) is 22.9. The molecule has 0 spiro atoms. The molecule has 8 rings (SSSR count). The number of hydrogen-bond donors (Lipinski definition) is 0. The van der Waals surface area contributed by atoms with Gasteiger partial charge in [-0.2, -0.15) is 10.5 Å². The zero-order valence-electron chi connectivity index (χ0n) is 26.5. The number of rotatable bonds is 3. The van der Waals surface area contributed by atoms with Gasteiger partial charge in [-0.1, -0.05) is 99.6 Å². The summed E-state index contributed by atoms with van der Waals surface area (Å²) >= 11 is 0. The molecule has 6 aromatic rings. The summed E-state index contributed by atoms with van der Waals surface area (Å²) in [6, 6.07) is 48.4. The van der Waals surface area contributed by atoms with Crippen molar-refractivity contribution < 1.29 is 4.74 Å². The third kappa shape index (κ3) is 4.59. The first-order valence-electron chi connectivity index (χ1n) is 15.8. The predicted octanol–water partition coefficient (Wildman–Crippen LogP) is 8.47. The Kier molecular flexibility index (Phi) is 6.53. The van der Waals surface area contributed by atoms with E-state index in [-0.39, 0.29) is 12.1 Å². The number of nitrogens with zero attached hydrogens (tertiary/aromatic N) is 3. The van der Waals surface area contributed by atoms with E-state index in [4.69, 9.17) is 4.74 Å². The van der Waals surface area contributed by atoms with Gasteiger partial charge in [-0.3, -0.25) is 0 Å². The third-order valence-electron chi connectivity index (χ3n) is 9.32. The second-order valence-corrected chi connectivity index (χ2v) is 13.2. The summed E-state index contributed by atoms with van der Waals surface area (Å²) in [4.78, 5) is 2.38. The average molecular weight is 604 g/mol. The summed E-state index contributed by atoms with van der Waals surface area (Å²) in [6.07, 6.45) is 0. The molecule has 0 radical (unpaired) electrons. The van der Waals surface area contributed by atoms with Crippen LogP contribution in [0.5, 0.6) is 11.5 Å². The molecule has 2 aliphatic heterocycles. The Morgan fingerprint density at radius 3 is 1.79 bits per heavy atom. The van der Waals surface area contributed by atoms with E-state index >= 15 is 0 Å². The van der Waals surface area contributed by atoms with Gasteiger partial charge in [-0.15, -0.1) is 0 Å². The maximum absolute atomic E-state index is 10.1. The van der Waals surface area contributed by atoms with E-state index < -0.39 is 0 Å². The Bertz CT molecular complexity index is 2240. The third-order valence-corrected chi connectivity index (χ3v) is 9.32. The molecule has 6 aromatic carbocycles. The van der Waals surface area contributed by atoms with Crippen molar-refractivity contribution >= 4 is 40.2 Å². The van der Waals surface area contributed by atoms with Crippen LogP contribution >= 0.6 is 0 Å². The lowest BCUT2D eigenvalue weighted by Crippen LogP contribution is -2.59. The molecule has 0 saturated heterocycles. The molecular formula is C42H30BN3O. The second kappa shape index (κ2) is 10.8. The predicted molar refractivity (Wildman–Crippen MR) is 191 cm³/mol. The van der Waals surface area contributed by atoms with Crippen LogP contribution in [-0.4, -0.2) is 6.71 Å². The van der Waals surface area contributed by atoms with E-state index in [1.54, 1.807) is 0 Å². The van der Waals surface area contributed by atoms with Crippen LogP contribution in [0.15, 0.2) is 127 Å². The van der Waals surface area contributed by atoms with Crippen LogP contribution in [0.3, 0.4) is 0 Å². The van der Waals surface area contributed by atoms with Crippen molar-refractivity contribution in [3.8, 4) is 45.9 Å². The van der Waals surface area contributed by atoms with Gasteiger partial charge in [0.15, 0.2) is 0 Å². The molecule has 0 unspecified atom stereocenters. The Labute approximate surface area is 275 Å². The molecule has 2 aliphatic rings. The maximum atomic E-state index is 10.1. The van der Waals surface area contributed by atoms with Crippen LogP contribution in [0, 0.1) is 22.7 Å². The molecule has 47 heavy (non-hydrogen) atoms. The van der Waals surface area contributed by atoms with E-state index in [9.17, 15) is 10.5 Å². The van der Waals surface area contributed by atoms with Crippen molar-refractivity contribution in [2.45, 2.75) is 26.2 Å². The summed E-state index contributed by atoms with van der Waals surface area (Å²) in [6.45, 7) is 6.45. The number of benzene rings is 6. The van der Waals surface area contributed by atoms with Gasteiger partial charge >= 0.3 is 0 Å². The molecule has 0 fully saturated rings. The Morgan fingerprint density at radius 2 is 1.19 bits per heavy atom. The Balaban J connectivity index is 1.53. The van der Waals surface area contributed by atoms with Gasteiger partial charge in [0.1, 0.15) is 11.5 Å². The number of hydrogen-bond acceptors (Lipinski definition) is 4. The topological polar surface area (TPSA) is 60.0 Å². The largest absolute Gasteiger partial charge is 0.458 e. The van der Waals surface area contributed by atoms with E-state index in [2.05, 4.69) is 123 Å². The van der Waals surface area contributed by atoms with Gasteiger partial charge in [0, 0.05) is 22.5 Å². The van der Waals surface area contributed by atoms with Crippen LogP contribution in [0.4, 0.5) is 17.1 Å². The highest BCUT2D eigenvalue weighted by molar-refractivity contribution is 6.99. The highest BCUT2D eigenvalue weighted by Crippen LogP contribution is 2.49. The highest BCUT2D eigenvalue weighted by atomic mass is 16.5. The summed E-state index contributed by atoms with van der Waals surface area (Å²) < 4.78 is 6.74. The zero-order valence-corrected chi connectivity index (χ0v) is 26.5. The molecule has 0 bridgehead atoms. The minimum absolute atomic E-state index is 0.160. The molecule has 0 aromatic heterocycles. The van der Waals surface area contributed by atoms with Crippen molar-refractivity contribution in [1.29, 1.82) is 10.5 Å². The molecular weight excluding hydrogens is 573 g/mol. The second-order valence-electron chi connectivity index (χ2n) is 13.2. The van der Waals surface area contributed by atoms with E-state index in [1.165, 1.54) is 0 Å². The molecule has 0 aliphatic carbocycles. The molecule has 2 heterocycles. The number of ether oxygens (including phenoxy) is 1. The van der Waals surface area contributed by atoms with Crippen molar-refractivity contribution in [2.24, 2.45) is 0 Å². The average Bonchev–Trinajstić information content (AvgIpc) is 3.11. The molecule has 222 valence electrons. The number of anilines is 3. The summed E-state index contributed by atoms with van der Waals surface area (Å²) in [5.41, 5.74) is 12.6. The van der Waals surface area contributed by atoms with E-state index in [1.807, 2.05) is 42.5 Å². The molecule has 0 N–H and O–H groups in total. The summed E-state index contributed by atoms with van der Waals surface area (Å²) in [5, 5.41) is 20.0. The summed E-state index contributed by atoms with van der Waals surface area (Å²) in [7, 11) is 0. The lowest BCUT2D eigenvalue weighted by Gasteiger charge is -2.42. The van der Waals surface area contributed by atoms with Crippen LogP contribution < -0.4 is 26.0 Å². The van der Waals surface area contributed by atoms with Gasteiger partial charge in [0.25, 0.3) is 6.71 Å². The molecule has 0 amide bonds. The van der Waals surface area contributed by atoms with Crippen molar-refractivity contribution in [3.63, 3.8) is 0 Å². The SMILES string of the molecule is CC(C)(C)c1cc2c3c(c1)N(c1c(-c4ccccc4)cccc1-c1ccccc1)c1ccc(C#N)cc1B3c1cc(C#N)ccc1O2. The lowest BCUT2D eigenvalue weighted by molar-refractivity contribution is 0.483. The fourth-order valence-electron chi connectivity index (χ4n) is 7.05. The number of nitriles is 2. The smallest absolute Gasteiger partial charge is 0.256 e. The minimum atomic E-state index is -0.227. The first kappa shape index (κ1) is 28.4. The first-order valence-corrected chi connectivity index (χ1v) is 15.8. The van der Waals surface area contributed by atoms with Crippen LogP contribution in [0.25, 0.3) is 22.3 Å². The fraction of sp³-hybridized carbons (Fsp3) is 0.0952. The molecule has 0 saturated carbocycles. The quantitative estimate of drug-likeness (QED) is 0.190. The van der Waals surface area contributed by atoms with Gasteiger partial charge in [-0.05, 0) is 87.0 Å². The van der Waals surface area contributed by atoms with Crippen LogP contribution in [0.2, 0.25) is 0 Å². The molecule has 0 atom stereocenters. The van der Waals surface area contributed by atoms with Crippen molar-refractivity contribution in [3.05, 3.63) is 144 Å². The van der Waals surface area contributed by atoms with Gasteiger partial charge in [0.05, 0.1) is 29.0 Å². The zero-order chi connectivity index (χ0) is 32.3. The Morgan fingerprint density at radius 1 is 0.596 bits per heavy atom. The summed E-state index contributed by atoms with van der Waals surface area (Å²) in [5.74, 6) is 1.53. The van der Waals surface area contributed by atoms with Crippen LogP contribution in [0.1, 0.15) is 37.5 Å². The number of fused-ring (bicyclic) bond motifs is 4. The maximum Gasteiger partial charge on any atom is 0.256 e. The van der Waals surface area contributed by atoms with Crippen LogP contribution in [-0.2, 0) is 5.41 Å². The van der Waals surface area contributed by atoms with Gasteiger partial charge in [0.2, 0.25) is 0 Å². The Hall–Kier alpha value is -6.04. The fourth-order valence-corrected chi connectivity index (χ4v) is 7.05. The minimum Gasteiger partial charge on any atom is -0.458 e. The molecule has 5 heteroatoms. The monoisotopic (exact) mass is 603 g/mol. The normalized spacial score (nSPS) is 12.6. The van der Waals surface area contributed by atoms with Crippen molar-refractivity contribution in [2.75, 3.05) is 4.90 Å². The standard InChI is InChI=1S/C42H30BN3O/c1-42(2,3)31-23-37-40-39(24-31)47-38-20-18-28(26-45)22-35(38)43(40)34-21-27(25-44)17-19-36(34)46(37)41-32(29-11-6-4-7-12-29)15-10-16-33(41)30-13-8-5-9-14-30/h4-24H,1-3H3.